The van der Waals surface area contributed by atoms with Crippen molar-refractivity contribution < 1.29 is 9.72 Å². The zero-order chi connectivity index (χ0) is 20.4. The lowest BCUT2D eigenvalue weighted by Crippen LogP contribution is -2.34. The molecule has 1 aliphatic rings. The van der Waals surface area contributed by atoms with Crippen molar-refractivity contribution in [2.75, 3.05) is 10.3 Å². The van der Waals surface area contributed by atoms with E-state index in [9.17, 15) is 14.9 Å². The van der Waals surface area contributed by atoms with Crippen LogP contribution in [0.4, 0.5) is 16.5 Å². The molecule has 2 atom stereocenters. The molecular weight excluding hydrogens is 390 g/mol. The van der Waals surface area contributed by atoms with Crippen molar-refractivity contribution in [2.24, 2.45) is 11.0 Å². The first kappa shape index (κ1) is 18.8. The number of hydrogen-bond donors (Lipinski definition) is 1. The molecule has 1 aliphatic heterocycles. The summed E-state index contributed by atoms with van der Waals surface area (Å²) in [5.74, 6) is -0.878. The third-order valence-electron chi connectivity index (χ3n) is 4.68. The molecule has 0 fully saturated rings. The van der Waals surface area contributed by atoms with Gasteiger partial charge in [-0.1, -0.05) is 30.3 Å². The molecule has 4 rings (SSSR count). The number of carbonyl (C=O) groups is 1. The molecule has 0 unspecified atom stereocenters. The first-order valence-electron chi connectivity index (χ1n) is 8.88. The molecule has 9 heteroatoms. The summed E-state index contributed by atoms with van der Waals surface area (Å²) < 4.78 is 0. The molecule has 0 spiro atoms. The summed E-state index contributed by atoms with van der Waals surface area (Å²) in [5.41, 5.74) is 2.04. The van der Waals surface area contributed by atoms with Gasteiger partial charge in [0.15, 0.2) is 5.13 Å². The SMILES string of the molecule is CC1=NN(c2ccccc2)[C@@H](c2cccc([N+](=O)[O-])c2)[C@@H]1C(=O)Nc1nccs1. The molecular formula is C20H17N5O3S. The van der Waals surface area contributed by atoms with Crippen LogP contribution in [0, 0.1) is 16.0 Å². The second kappa shape index (κ2) is 7.80. The summed E-state index contributed by atoms with van der Waals surface area (Å²) in [6.45, 7) is 1.79. The van der Waals surface area contributed by atoms with Crippen molar-refractivity contribution in [2.45, 2.75) is 13.0 Å². The van der Waals surface area contributed by atoms with Crippen LogP contribution < -0.4 is 10.3 Å². The minimum absolute atomic E-state index is 0.0286. The Morgan fingerprint density at radius 3 is 2.69 bits per heavy atom. The molecule has 0 aliphatic carbocycles. The largest absolute Gasteiger partial charge is 0.301 e. The number of amides is 1. The molecule has 0 saturated carbocycles. The monoisotopic (exact) mass is 407 g/mol. The summed E-state index contributed by atoms with van der Waals surface area (Å²) in [4.78, 5) is 28.1. The quantitative estimate of drug-likeness (QED) is 0.503. The zero-order valence-electron chi connectivity index (χ0n) is 15.4. The molecule has 0 bridgehead atoms. The number of non-ortho nitro benzene ring substituents is 1. The van der Waals surface area contributed by atoms with Gasteiger partial charge in [0.2, 0.25) is 5.91 Å². The number of hydrazone groups is 1. The lowest BCUT2D eigenvalue weighted by Gasteiger charge is -2.27. The Labute approximate surface area is 170 Å². The van der Waals surface area contributed by atoms with Gasteiger partial charge in [0.25, 0.3) is 5.69 Å². The number of nitrogens with zero attached hydrogens (tertiary/aromatic N) is 4. The normalized spacial score (nSPS) is 18.4. The molecule has 2 aromatic carbocycles. The summed E-state index contributed by atoms with van der Waals surface area (Å²) in [7, 11) is 0. The third-order valence-corrected chi connectivity index (χ3v) is 5.37. The van der Waals surface area contributed by atoms with E-state index in [1.165, 1.54) is 23.5 Å². The van der Waals surface area contributed by atoms with Gasteiger partial charge >= 0.3 is 0 Å². The maximum absolute atomic E-state index is 13.1. The van der Waals surface area contributed by atoms with E-state index in [0.717, 1.165) is 5.69 Å². The highest BCUT2D eigenvalue weighted by molar-refractivity contribution is 7.13. The smallest absolute Gasteiger partial charge is 0.269 e. The Balaban J connectivity index is 1.76. The maximum atomic E-state index is 13.1. The molecule has 0 radical (unpaired) electrons. The van der Waals surface area contributed by atoms with Crippen LogP contribution in [-0.4, -0.2) is 21.5 Å². The Hall–Kier alpha value is -3.59. The van der Waals surface area contributed by atoms with Crippen LogP contribution in [0.1, 0.15) is 18.5 Å². The standard InChI is InChI=1S/C20H17N5O3S/c1-13-17(19(26)22-20-21-10-11-29-20)18(14-6-5-9-16(12-14)25(27)28)24(23-13)15-7-3-2-4-8-15/h2-12,17-18H,1H3,(H,21,22,26)/t17-,18+/m1/s1. The Morgan fingerprint density at radius 1 is 1.21 bits per heavy atom. The van der Waals surface area contributed by atoms with E-state index < -0.39 is 16.9 Å². The molecule has 1 aromatic heterocycles. The molecule has 0 saturated heterocycles. The lowest BCUT2D eigenvalue weighted by atomic mass is 9.89. The predicted molar refractivity (Wildman–Crippen MR) is 112 cm³/mol. The number of benzene rings is 2. The summed E-state index contributed by atoms with van der Waals surface area (Å²) >= 11 is 1.33. The average Bonchev–Trinajstić information content (AvgIpc) is 3.36. The summed E-state index contributed by atoms with van der Waals surface area (Å²) in [6, 6.07) is 15.3. The fourth-order valence-electron chi connectivity index (χ4n) is 3.42. The van der Waals surface area contributed by atoms with Crippen LogP contribution in [0.25, 0.3) is 0 Å². The summed E-state index contributed by atoms with van der Waals surface area (Å²) in [6.07, 6.45) is 1.62. The fraction of sp³-hybridized carbons (Fsp3) is 0.150. The molecule has 3 aromatic rings. The molecule has 29 heavy (non-hydrogen) atoms. The Kier molecular flexibility index (Phi) is 5.05. The number of nitro groups is 1. The average molecular weight is 407 g/mol. The first-order chi connectivity index (χ1) is 14.0. The van der Waals surface area contributed by atoms with E-state index in [-0.39, 0.29) is 11.6 Å². The maximum Gasteiger partial charge on any atom is 0.269 e. The van der Waals surface area contributed by atoms with Crippen LogP contribution in [-0.2, 0) is 4.79 Å². The highest BCUT2D eigenvalue weighted by Crippen LogP contribution is 2.40. The highest BCUT2D eigenvalue weighted by Gasteiger charge is 2.42. The number of aromatic nitrogens is 1. The van der Waals surface area contributed by atoms with Crippen LogP contribution in [0.2, 0.25) is 0 Å². The van der Waals surface area contributed by atoms with Gasteiger partial charge in [-0.2, -0.15) is 5.10 Å². The Morgan fingerprint density at radius 2 is 2.00 bits per heavy atom. The van der Waals surface area contributed by atoms with Crippen LogP contribution in [0.3, 0.4) is 0 Å². The van der Waals surface area contributed by atoms with Gasteiger partial charge in [-0.25, -0.2) is 4.98 Å². The van der Waals surface area contributed by atoms with Crippen molar-refractivity contribution in [3.8, 4) is 0 Å². The zero-order valence-corrected chi connectivity index (χ0v) is 16.2. The van der Waals surface area contributed by atoms with Crippen LogP contribution >= 0.6 is 11.3 Å². The van der Waals surface area contributed by atoms with Gasteiger partial charge in [-0.05, 0) is 24.6 Å². The lowest BCUT2D eigenvalue weighted by molar-refractivity contribution is -0.384. The minimum atomic E-state index is -0.624. The number of nitrogens with one attached hydrogen (secondary N) is 1. The number of nitro benzene ring substituents is 1. The van der Waals surface area contributed by atoms with Crippen molar-refractivity contribution in [1.29, 1.82) is 0 Å². The van der Waals surface area contributed by atoms with E-state index in [4.69, 9.17) is 0 Å². The first-order valence-corrected chi connectivity index (χ1v) is 9.76. The van der Waals surface area contributed by atoms with E-state index in [1.54, 1.807) is 35.6 Å². The Bertz CT molecular complexity index is 1070. The van der Waals surface area contributed by atoms with Gasteiger partial charge in [0.1, 0.15) is 5.92 Å². The van der Waals surface area contributed by atoms with Gasteiger partial charge in [-0.3, -0.25) is 19.9 Å². The van der Waals surface area contributed by atoms with Gasteiger partial charge < -0.3 is 5.32 Å². The third kappa shape index (κ3) is 3.72. The van der Waals surface area contributed by atoms with Gasteiger partial charge in [0.05, 0.1) is 22.4 Å². The van der Waals surface area contributed by atoms with E-state index in [2.05, 4.69) is 15.4 Å². The van der Waals surface area contributed by atoms with E-state index in [1.807, 2.05) is 30.3 Å². The van der Waals surface area contributed by atoms with Crippen molar-refractivity contribution >= 4 is 39.5 Å². The van der Waals surface area contributed by atoms with Crippen LogP contribution in [0.5, 0.6) is 0 Å². The molecule has 1 N–H and O–H groups in total. The van der Waals surface area contributed by atoms with E-state index >= 15 is 0 Å². The minimum Gasteiger partial charge on any atom is -0.301 e. The number of anilines is 2. The van der Waals surface area contributed by atoms with Gasteiger partial charge in [0, 0.05) is 23.7 Å². The predicted octanol–water partition coefficient (Wildman–Crippen LogP) is 4.24. The number of hydrogen-bond acceptors (Lipinski definition) is 7. The molecule has 8 nitrogen and oxygen atoms in total. The number of para-hydroxylation sites is 1. The van der Waals surface area contributed by atoms with Crippen molar-refractivity contribution in [3.63, 3.8) is 0 Å². The van der Waals surface area contributed by atoms with Crippen molar-refractivity contribution in [1.82, 2.24) is 4.98 Å². The van der Waals surface area contributed by atoms with Crippen LogP contribution in [0.15, 0.2) is 71.3 Å². The number of rotatable bonds is 5. The second-order valence-electron chi connectivity index (χ2n) is 6.52. The van der Waals surface area contributed by atoms with Crippen molar-refractivity contribution in [3.05, 3.63) is 81.9 Å². The highest BCUT2D eigenvalue weighted by atomic mass is 32.1. The second-order valence-corrected chi connectivity index (χ2v) is 7.42. The fourth-order valence-corrected chi connectivity index (χ4v) is 3.95. The topological polar surface area (TPSA) is 101 Å². The van der Waals surface area contributed by atoms with Gasteiger partial charge in [-0.15, -0.1) is 11.3 Å². The molecule has 1 amide bonds. The number of carbonyl (C=O) groups excluding carboxylic acids is 1. The number of thiazole rings is 1. The summed E-state index contributed by atoms with van der Waals surface area (Å²) in [5, 5.41) is 22.8. The molecule has 146 valence electrons. The molecule has 2 heterocycles. The van der Waals surface area contributed by atoms with E-state index in [0.29, 0.717) is 16.4 Å².